The maximum absolute atomic E-state index is 5.88. The number of para-hydroxylation sites is 1. The van der Waals surface area contributed by atoms with Gasteiger partial charge in [0.1, 0.15) is 16.5 Å². The highest BCUT2D eigenvalue weighted by atomic mass is 35.5. The minimum Gasteiger partial charge on any atom is -0.240 e. The molecule has 0 N–H and O–H groups in total. The molecule has 0 radical (unpaired) electrons. The Kier molecular flexibility index (Phi) is 3.62. The molecule has 0 aliphatic heterocycles. The molecule has 19 heavy (non-hydrogen) atoms. The summed E-state index contributed by atoms with van der Waals surface area (Å²) in [5, 5.41) is 2.55. The van der Waals surface area contributed by atoms with Crippen molar-refractivity contribution < 1.29 is 0 Å². The van der Waals surface area contributed by atoms with Gasteiger partial charge in [-0.15, -0.1) is 0 Å². The number of fused-ring (bicyclic) bond motifs is 1. The summed E-state index contributed by atoms with van der Waals surface area (Å²) in [5.74, 6) is 0.738. The van der Waals surface area contributed by atoms with E-state index in [4.69, 9.17) is 11.6 Å². The van der Waals surface area contributed by atoms with Crippen LogP contribution in [0.3, 0.4) is 0 Å². The van der Waals surface area contributed by atoms with E-state index in [-0.39, 0.29) is 0 Å². The molecule has 0 aliphatic rings. The van der Waals surface area contributed by atoms with E-state index in [2.05, 4.69) is 15.0 Å². The van der Waals surface area contributed by atoms with Crippen LogP contribution in [0.5, 0.6) is 0 Å². The predicted octanol–water partition coefficient (Wildman–Crippen LogP) is 3.97. The first-order valence-electron chi connectivity index (χ1n) is 5.77. The van der Waals surface area contributed by atoms with E-state index in [1.54, 1.807) is 24.2 Å². The summed E-state index contributed by atoms with van der Waals surface area (Å²) in [6, 6.07) is 13.6. The van der Waals surface area contributed by atoms with Gasteiger partial charge in [-0.05, 0) is 18.2 Å². The highest BCUT2D eigenvalue weighted by Crippen LogP contribution is 2.26. The Morgan fingerprint density at radius 2 is 1.89 bits per heavy atom. The minimum atomic E-state index is 0.519. The molecule has 3 rings (SSSR count). The van der Waals surface area contributed by atoms with Crippen LogP contribution in [0.15, 0.2) is 53.8 Å². The van der Waals surface area contributed by atoms with Gasteiger partial charge in [0.2, 0.25) is 0 Å². The van der Waals surface area contributed by atoms with Crippen molar-refractivity contribution in [2.24, 2.45) is 0 Å². The van der Waals surface area contributed by atoms with Gasteiger partial charge in [-0.1, -0.05) is 47.6 Å². The van der Waals surface area contributed by atoms with E-state index in [9.17, 15) is 0 Å². The zero-order valence-electron chi connectivity index (χ0n) is 9.95. The highest BCUT2D eigenvalue weighted by Gasteiger charge is 2.04. The van der Waals surface area contributed by atoms with Crippen LogP contribution < -0.4 is 0 Å². The molecule has 3 nitrogen and oxygen atoms in total. The lowest BCUT2D eigenvalue weighted by molar-refractivity contribution is 1.09. The lowest BCUT2D eigenvalue weighted by atomic mass is 10.2. The molecule has 1 aromatic carbocycles. The Labute approximate surface area is 120 Å². The quantitative estimate of drug-likeness (QED) is 0.415. The molecule has 0 fully saturated rings. The molecule has 0 atom stereocenters. The fourth-order valence-electron chi connectivity index (χ4n) is 1.77. The molecule has 0 saturated carbocycles. The van der Waals surface area contributed by atoms with Gasteiger partial charge in [0, 0.05) is 11.1 Å². The number of aromatic nitrogens is 3. The summed E-state index contributed by atoms with van der Waals surface area (Å²) in [6.45, 7) is 0. The van der Waals surface area contributed by atoms with E-state index in [1.165, 1.54) is 0 Å². The standard InChI is InChI=1S/C14H10ClN3S/c15-13-7-3-4-10(18-13)8-19-14-11-5-1-2-6-12(11)16-9-17-14/h1-7,9H,8H2. The second kappa shape index (κ2) is 5.55. The third-order valence-corrected chi connectivity index (χ3v) is 3.89. The Bertz CT molecular complexity index is 712. The summed E-state index contributed by atoms with van der Waals surface area (Å²) in [6.07, 6.45) is 1.59. The third-order valence-electron chi connectivity index (χ3n) is 2.64. The number of halogens is 1. The topological polar surface area (TPSA) is 38.7 Å². The Morgan fingerprint density at radius 1 is 1.00 bits per heavy atom. The molecule has 3 aromatic rings. The molecule has 94 valence electrons. The summed E-state index contributed by atoms with van der Waals surface area (Å²) in [4.78, 5) is 12.9. The number of thioether (sulfide) groups is 1. The molecular weight excluding hydrogens is 278 g/mol. The van der Waals surface area contributed by atoms with Gasteiger partial charge in [-0.25, -0.2) is 15.0 Å². The monoisotopic (exact) mass is 287 g/mol. The van der Waals surface area contributed by atoms with Gasteiger partial charge in [0.25, 0.3) is 0 Å². The maximum atomic E-state index is 5.88. The highest BCUT2D eigenvalue weighted by molar-refractivity contribution is 7.98. The van der Waals surface area contributed by atoms with Crippen molar-refractivity contribution in [1.29, 1.82) is 0 Å². The molecule has 0 bridgehead atoms. The van der Waals surface area contributed by atoms with Crippen LogP contribution >= 0.6 is 23.4 Å². The average Bonchev–Trinajstić information content (AvgIpc) is 2.45. The molecular formula is C14H10ClN3S. The molecule has 0 saturated heterocycles. The van der Waals surface area contributed by atoms with Gasteiger partial charge >= 0.3 is 0 Å². The van der Waals surface area contributed by atoms with Crippen LogP contribution in [-0.4, -0.2) is 15.0 Å². The predicted molar refractivity (Wildman–Crippen MR) is 78.3 cm³/mol. The largest absolute Gasteiger partial charge is 0.240 e. The van der Waals surface area contributed by atoms with Gasteiger partial charge in [-0.2, -0.15) is 0 Å². The number of rotatable bonds is 3. The molecule has 2 aromatic heterocycles. The zero-order valence-corrected chi connectivity index (χ0v) is 11.5. The zero-order chi connectivity index (χ0) is 13.1. The Morgan fingerprint density at radius 3 is 2.79 bits per heavy atom. The van der Waals surface area contributed by atoms with E-state index in [0.717, 1.165) is 27.4 Å². The van der Waals surface area contributed by atoms with E-state index in [0.29, 0.717) is 5.15 Å². The number of pyridine rings is 1. The Hall–Kier alpha value is -1.65. The smallest absolute Gasteiger partial charge is 0.129 e. The van der Waals surface area contributed by atoms with Gasteiger partial charge < -0.3 is 0 Å². The van der Waals surface area contributed by atoms with Crippen LogP contribution in [0.2, 0.25) is 5.15 Å². The molecule has 5 heteroatoms. The summed E-state index contributed by atoms with van der Waals surface area (Å²) in [5.41, 5.74) is 1.90. The van der Waals surface area contributed by atoms with Crippen LogP contribution in [0.25, 0.3) is 10.9 Å². The van der Waals surface area contributed by atoms with Crippen molar-refractivity contribution in [2.75, 3.05) is 0 Å². The van der Waals surface area contributed by atoms with Crippen molar-refractivity contribution in [1.82, 2.24) is 15.0 Å². The van der Waals surface area contributed by atoms with E-state index >= 15 is 0 Å². The van der Waals surface area contributed by atoms with Crippen molar-refractivity contribution >= 4 is 34.3 Å². The van der Waals surface area contributed by atoms with E-state index in [1.807, 2.05) is 36.4 Å². The molecule has 0 spiro atoms. The summed E-state index contributed by atoms with van der Waals surface area (Å²) in [7, 11) is 0. The van der Waals surface area contributed by atoms with Crippen molar-refractivity contribution in [3.63, 3.8) is 0 Å². The molecule has 2 heterocycles. The van der Waals surface area contributed by atoms with Gasteiger partial charge in [-0.3, -0.25) is 0 Å². The first-order valence-corrected chi connectivity index (χ1v) is 7.13. The Balaban J connectivity index is 1.86. The molecule has 0 amide bonds. The van der Waals surface area contributed by atoms with Crippen molar-refractivity contribution in [3.8, 4) is 0 Å². The van der Waals surface area contributed by atoms with Gasteiger partial charge in [0.15, 0.2) is 0 Å². The van der Waals surface area contributed by atoms with Crippen molar-refractivity contribution in [2.45, 2.75) is 10.8 Å². The molecule has 0 unspecified atom stereocenters. The maximum Gasteiger partial charge on any atom is 0.129 e. The number of hydrogen-bond acceptors (Lipinski definition) is 4. The lowest BCUT2D eigenvalue weighted by Gasteiger charge is -2.04. The van der Waals surface area contributed by atoms with E-state index < -0.39 is 0 Å². The van der Waals surface area contributed by atoms with Crippen molar-refractivity contribution in [3.05, 3.63) is 59.6 Å². The number of hydrogen-bond donors (Lipinski definition) is 0. The summed E-state index contributed by atoms with van der Waals surface area (Å²) < 4.78 is 0. The van der Waals surface area contributed by atoms with Gasteiger partial charge in [0.05, 0.1) is 11.2 Å². The fraction of sp³-hybridized carbons (Fsp3) is 0.0714. The second-order valence-corrected chi connectivity index (χ2v) is 5.29. The summed E-state index contributed by atoms with van der Waals surface area (Å²) >= 11 is 7.52. The van der Waals surface area contributed by atoms with Crippen LogP contribution in [0.1, 0.15) is 5.69 Å². The second-order valence-electron chi connectivity index (χ2n) is 3.94. The third kappa shape index (κ3) is 2.85. The number of benzene rings is 1. The molecule has 0 aliphatic carbocycles. The minimum absolute atomic E-state index is 0.519. The SMILES string of the molecule is Clc1cccc(CSc2ncnc3ccccc23)n1. The number of nitrogens with zero attached hydrogens (tertiary/aromatic N) is 3. The first kappa shape index (κ1) is 12.4. The van der Waals surface area contributed by atoms with Crippen LogP contribution in [0.4, 0.5) is 0 Å². The fourth-order valence-corrected chi connectivity index (χ4v) is 2.84. The lowest BCUT2D eigenvalue weighted by Crippen LogP contribution is -1.90. The van der Waals surface area contributed by atoms with Crippen LogP contribution in [0, 0.1) is 0 Å². The average molecular weight is 288 g/mol. The normalized spacial score (nSPS) is 10.8. The van der Waals surface area contributed by atoms with Crippen LogP contribution in [-0.2, 0) is 5.75 Å². The first-order chi connectivity index (χ1) is 9.33.